The maximum absolute atomic E-state index is 11.1. The number of rotatable bonds is 2. The Morgan fingerprint density at radius 1 is 1.17 bits per heavy atom. The molecule has 0 saturated carbocycles. The van der Waals surface area contributed by atoms with Crippen molar-refractivity contribution < 1.29 is 4.92 Å². The lowest BCUT2D eigenvalue weighted by molar-refractivity contribution is -0.384. The summed E-state index contributed by atoms with van der Waals surface area (Å²) in [4.78, 5) is 10.7. The molecule has 4 rings (SSSR count). The minimum Gasteiger partial charge on any atom is -0.378 e. The Balaban J connectivity index is 1.77. The van der Waals surface area contributed by atoms with Gasteiger partial charge in [0.25, 0.3) is 5.69 Å². The summed E-state index contributed by atoms with van der Waals surface area (Å²) in [5, 5.41) is 14.7. The summed E-state index contributed by atoms with van der Waals surface area (Å²) in [6.07, 6.45) is 5.37. The molecule has 4 nitrogen and oxygen atoms in total. The molecule has 5 heteroatoms. The Hall–Kier alpha value is -2.14. The molecule has 2 aromatic carbocycles. The Labute approximate surface area is 142 Å². The molecule has 0 radical (unpaired) electrons. The number of fused-ring (bicyclic) bond motifs is 3. The van der Waals surface area contributed by atoms with E-state index in [1.54, 1.807) is 12.1 Å². The number of nitrogens with zero attached hydrogens (tertiary/aromatic N) is 1. The minimum atomic E-state index is -0.325. The van der Waals surface area contributed by atoms with Gasteiger partial charge in [0.15, 0.2) is 0 Å². The molecule has 0 saturated heterocycles. The van der Waals surface area contributed by atoms with E-state index in [1.807, 2.05) is 6.07 Å². The van der Waals surface area contributed by atoms with Crippen LogP contribution in [0.15, 0.2) is 59.1 Å². The SMILES string of the molecule is O=[N+]([O-])c1ccc2c(c1)C1C=CCC1C(c1ccc(Br)cc1)N2. The molecule has 3 atom stereocenters. The molecular weight excluding hydrogens is 356 g/mol. The van der Waals surface area contributed by atoms with Gasteiger partial charge in [0.2, 0.25) is 0 Å². The Bertz CT molecular complexity index is 801. The molecule has 0 fully saturated rings. The lowest BCUT2D eigenvalue weighted by Crippen LogP contribution is -2.29. The van der Waals surface area contributed by atoms with Gasteiger partial charge in [0.05, 0.1) is 11.0 Å². The third-order valence-corrected chi connectivity index (χ3v) is 5.31. The lowest BCUT2D eigenvalue weighted by atomic mass is 9.77. The second kappa shape index (κ2) is 5.49. The average Bonchev–Trinajstić information content (AvgIpc) is 3.04. The van der Waals surface area contributed by atoms with Gasteiger partial charge in [0.1, 0.15) is 0 Å². The van der Waals surface area contributed by atoms with Crippen molar-refractivity contribution in [1.29, 1.82) is 0 Å². The van der Waals surface area contributed by atoms with Crippen molar-refractivity contribution in [3.63, 3.8) is 0 Å². The van der Waals surface area contributed by atoms with E-state index in [1.165, 1.54) is 5.56 Å². The van der Waals surface area contributed by atoms with Crippen molar-refractivity contribution in [2.75, 3.05) is 5.32 Å². The third-order valence-electron chi connectivity index (χ3n) is 4.79. The zero-order valence-electron chi connectivity index (χ0n) is 12.3. The van der Waals surface area contributed by atoms with Gasteiger partial charge in [-0.1, -0.05) is 40.2 Å². The number of nitrogens with one attached hydrogen (secondary N) is 1. The van der Waals surface area contributed by atoms with Crippen LogP contribution in [0.4, 0.5) is 11.4 Å². The molecule has 0 bridgehead atoms. The van der Waals surface area contributed by atoms with Gasteiger partial charge in [-0.3, -0.25) is 10.1 Å². The van der Waals surface area contributed by atoms with Crippen molar-refractivity contribution in [3.8, 4) is 0 Å². The second-order valence-corrected chi connectivity index (χ2v) is 6.97. The number of benzene rings is 2. The van der Waals surface area contributed by atoms with Crippen molar-refractivity contribution in [2.24, 2.45) is 5.92 Å². The highest BCUT2D eigenvalue weighted by Crippen LogP contribution is 2.50. The van der Waals surface area contributed by atoms with E-state index in [9.17, 15) is 10.1 Å². The van der Waals surface area contributed by atoms with Crippen LogP contribution in [0, 0.1) is 16.0 Å². The molecule has 1 N–H and O–H groups in total. The number of non-ortho nitro benzene ring substituents is 1. The molecule has 2 aliphatic rings. The van der Waals surface area contributed by atoms with Gasteiger partial charge in [-0.25, -0.2) is 0 Å². The first kappa shape index (κ1) is 14.5. The fourth-order valence-corrected chi connectivity index (χ4v) is 3.96. The molecule has 0 amide bonds. The van der Waals surface area contributed by atoms with Crippen LogP contribution in [0.25, 0.3) is 0 Å². The summed E-state index contributed by atoms with van der Waals surface area (Å²) in [6, 6.07) is 13.7. The Kier molecular flexibility index (Phi) is 3.45. The van der Waals surface area contributed by atoms with Gasteiger partial charge < -0.3 is 5.32 Å². The quantitative estimate of drug-likeness (QED) is 0.449. The number of anilines is 1. The van der Waals surface area contributed by atoms with Gasteiger partial charge in [0, 0.05) is 28.2 Å². The molecule has 23 heavy (non-hydrogen) atoms. The summed E-state index contributed by atoms with van der Waals surface area (Å²) in [7, 11) is 0. The van der Waals surface area contributed by atoms with E-state index in [4.69, 9.17) is 0 Å². The van der Waals surface area contributed by atoms with Crippen LogP contribution in [0.2, 0.25) is 0 Å². The van der Waals surface area contributed by atoms with Crippen LogP contribution in [-0.4, -0.2) is 4.92 Å². The molecule has 2 aromatic rings. The van der Waals surface area contributed by atoms with Gasteiger partial charge >= 0.3 is 0 Å². The third kappa shape index (κ3) is 2.45. The number of hydrogen-bond donors (Lipinski definition) is 1. The highest BCUT2D eigenvalue weighted by atomic mass is 79.9. The van der Waals surface area contributed by atoms with Crippen LogP contribution in [-0.2, 0) is 0 Å². The van der Waals surface area contributed by atoms with Crippen molar-refractivity contribution >= 4 is 27.3 Å². The molecular formula is C18H15BrN2O2. The highest BCUT2D eigenvalue weighted by molar-refractivity contribution is 9.10. The second-order valence-electron chi connectivity index (χ2n) is 6.06. The van der Waals surface area contributed by atoms with Gasteiger partial charge in [-0.15, -0.1) is 0 Å². The molecule has 1 aliphatic carbocycles. The van der Waals surface area contributed by atoms with E-state index in [-0.39, 0.29) is 22.6 Å². The van der Waals surface area contributed by atoms with Crippen molar-refractivity contribution in [2.45, 2.75) is 18.4 Å². The average molecular weight is 371 g/mol. The standard InChI is InChI=1S/C18H15BrN2O2/c19-12-6-4-11(5-7-12)18-15-3-1-2-14(15)16-10-13(21(22)23)8-9-17(16)20-18/h1-2,4-10,14-15,18,20H,3H2. The van der Waals surface area contributed by atoms with E-state index in [2.05, 4.69) is 57.7 Å². The molecule has 0 aromatic heterocycles. The van der Waals surface area contributed by atoms with E-state index < -0.39 is 0 Å². The molecule has 1 heterocycles. The predicted molar refractivity (Wildman–Crippen MR) is 93.6 cm³/mol. The summed E-state index contributed by atoms with van der Waals surface area (Å²) >= 11 is 3.48. The van der Waals surface area contributed by atoms with Crippen molar-refractivity contribution in [3.05, 3.63) is 80.3 Å². The monoisotopic (exact) mass is 370 g/mol. The maximum atomic E-state index is 11.1. The highest BCUT2D eigenvalue weighted by Gasteiger charge is 2.38. The topological polar surface area (TPSA) is 55.2 Å². The fraction of sp³-hybridized carbons (Fsp3) is 0.222. The van der Waals surface area contributed by atoms with E-state index in [0.717, 1.165) is 22.1 Å². The molecule has 116 valence electrons. The molecule has 0 spiro atoms. The normalized spacial score (nSPS) is 24.7. The molecule has 1 aliphatic heterocycles. The number of hydrogen-bond acceptors (Lipinski definition) is 3. The Morgan fingerprint density at radius 3 is 2.70 bits per heavy atom. The Morgan fingerprint density at radius 2 is 1.96 bits per heavy atom. The van der Waals surface area contributed by atoms with Crippen LogP contribution >= 0.6 is 15.9 Å². The zero-order chi connectivity index (χ0) is 16.0. The summed E-state index contributed by atoms with van der Waals surface area (Å²) in [5.74, 6) is 0.630. The zero-order valence-corrected chi connectivity index (χ0v) is 13.9. The van der Waals surface area contributed by atoms with Crippen LogP contribution in [0.5, 0.6) is 0 Å². The largest absolute Gasteiger partial charge is 0.378 e. The first-order valence-corrected chi connectivity index (χ1v) is 8.40. The smallest absolute Gasteiger partial charge is 0.269 e. The fourth-order valence-electron chi connectivity index (χ4n) is 3.70. The van der Waals surface area contributed by atoms with Crippen LogP contribution in [0.3, 0.4) is 0 Å². The summed E-state index contributed by atoms with van der Waals surface area (Å²) < 4.78 is 1.06. The first-order valence-electron chi connectivity index (χ1n) is 7.60. The van der Waals surface area contributed by atoms with Crippen molar-refractivity contribution in [1.82, 2.24) is 0 Å². The van der Waals surface area contributed by atoms with Gasteiger partial charge in [-0.05, 0) is 41.7 Å². The van der Waals surface area contributed by atoms with Gasteiger partial charge in [-0.2, -0.15) is 0 Å². The molecule has 3 unspecified atom stereocenters. The number of nitro groups is 1. The maximum Gasteiger partial charge on any atom is 0.269 e. The van der Waals surface area contributed by atoms with E-state index in [0.29, 0.717) is 5.92 Å². The predicted octanol–water partition coefficient (Wildman–Crippen LogP) is 5.18. The number of nitro benzene ring substituents is 1. The minimum absolute atomic E-state index is 0.159. The lowest BCUT2D eigenvalue weighted by Gasteiger charge is -2.37. The van der Waals surface area contributed by atoms with E-state index >= 15 is 0 Å². The number of allylic oxidation sites excluding steroid dienone is 2. The first-order chi connectivity index (χ1) is 11.1. The van der Waals surface area contributed by atoms with Crippen LogP contribution < -0.4 is 5.32 Å². The summed E-state index contributed by atoms with van der Waals surface area (Å²) in [5.41, 5.74) is 3.44. The summed E-state index contributed by atoms with van der Waals surface area (Å²) in [6.45, 7) is 0. The number of halogens is 1. The van der Waals surface area contributed by atoms with Crippen LogP contribution in [0.1, 0.15) is 29.5 Å².